The third-order valence-corrected chi connectivity index (χ3v) is 6.76. The predicted molar refractivity (Wildman–Crippen MR) is 128 cm³/mol. The van der Waals surface area contributed by atoms with Gasteiger partial charge in [0.2, 0.25) is 5.43 Å². The Morgan fingerprint density at radius 3 is 2.71 bits per heavy atom. The van der Waals surface area contributed by atoms with Crippen LogP contribution in [0.3, 0.4) is 0 Å². The summed E-state index contributed by atoms with van der Waals surface area (Å²) >= 11 is 0. The van der Waals surface area contributed by atoms with Gasteiger partial charge in [0.15, 0.2) is 6.79 Å². The highest BCUT2D eigenvalue weighted by Gasteiger charge is 2.25. The van der Waals surface area contributed by atoms with Crippen LogP contribution in [0.25, 0.3) is 10.9 Å². The zero-order chi connectivity index (χ0) is 24.7. The van der Waals surface area contributed by atoms with Crippen molar-refractivity contribution in [2.24, 2.45) is 0 Å². The summed E-state index contributed by atoms with van der Waals surface area (Å²) in [4.78, 5) is 32.8. The number of pyridine rings is 2. The highest BCUT2D eigenvalue weighted by atomic mass is 19.1. The number of carbonyl (C=O) groups is 1. The zero-order valence-electron chi connectivity index (χ0n) is 19.7. The molecule has 0 radical (unpaired) electrons. The van der Waals surface area contributed by atoms with Crippen LogP contribution in [0.4, 0.5) is 10.1 Å². The summed E-state index contributed by atoms with van der Waals surface area (Å²) in [5, 5.41) is 9.42. The lowest BCUT2D eigenvalue weighted by atomic mass is 10.1. The molecule has 2 aliphatic heterocycles. The number of ether oxygens (including phenoxy) is 2. The fourth-order valence-electron chi connectivity index (χ4n) is 4.85. The Morgan fingerprint density at radius 2 is 2.00 bits per heavy atom. The second kappa shape index (κ2) is 9.27. The Labute approximate surface area is 201 Å². The molecule has 4 heterocycles. The number of halogens is 1. The number of nitrogens with zero attached hydrogens (tertiary/aromatic N) is 4. The molecule has 0 unspecified atom stereocenters. The van der Waals surface area contributed by atoms with Gasteiger partial charge in [-0.15, -0.1) is 0 Å². The van der Waals surface area contributed by atoms with Gasteiger partial charge < -0.3 is 24.0 Å². The van der Waals surface area contributed by atoms with E-state index in [1.807, 2.05) is 24.9 Å². The van der Waals surface area contributed by atoms with Gasteiger partial charge in [-0.3, -0.25) is 14.7 Å². The topological polar surface area (TPSA) is 97.1 Å². The van der Waals surface area contributed by atoms with Gasteiger partial charge in [-0.1, -0.05) is 0 Å². The first kappa shape index (κ1) is 23.3. The molecule has 184 valence electrons. The summed E-state index contributed by atoms with van der Waals surface area (Å²) in [6, 6.07) is 2.83. The van der Waals surface area contributed by atoms with Gasteiger partial charge in [0.05, 0.1) is 23.5 Å². The number of carboxylic acid groups (broad SMARTS) is 1. The predicted octanol–water partition coefficient (Wildman–Crippen LogP) is 2.75. The average molecular weight is 483 g/mol. The largest absolute Gasteiger partial charge is 0.477 e. The van der Waals surface area contributed by atoms with Crippen LogP contribution in [0, 0.1) is 12.7 Å². The molecule has 1 fully saturated rings. The molecule has 9 nitrogen and oxygen atoms in total. The number of carboxylic acids is 1. The number of anilines is 1. The quantitative estimate of drug-likeness (QED) is 0.593. The van der Waals surface area contributed by atoms with Crippen molar-refractivity contribution in [1.29, 1.82) is 0 Å². The Bertz CT molecular complexity index is 1360. The summed E-state index contributed by atoms with van der Waals surface area (Å²) < 4.78 is 27.9. The molecule has 0 atom stereocenters. The van der Waals surface area contributed by atoms with Gasteiger partial charge in [-0.05, 0) is 31.5 Å². The first-order valence-electron chi connectivity index (χ1n) is 11.6. The molecular weight excluding hydrogens is 455 g/mol. The number of hydrogen-bond donors (Lipinski definition) is 1. The van der Waals surface area contributed by atoms with Crippen LogP contribution in [0.15, 0.2) is 29.3 Å². The lowest BCUT2D eigenvalue weighted by Crippen LogP contribution is -2.46. The average Bonchev–Trinajstić information content (AvgIpc) is 2.86. The van der Waals surface area contributed by atoms with Crippen molar-refractivity contribution >= 4 is 22.6 Å². The van der Waals surface area contributed by atoms with Crippen molar-refractivity contribution in [2.45, 2.75) is 33.5 Å². The minimum Gasteiger partial charge on any atom is -0.477 e. The van der Waals surface area contributed by atoms with Crippen LogP contribution >= 0.6 is 0 Å². The van der Waals surface area contributed by atoms with Crippen molar-refractivity contribution in [3.8, 4) is 5.75 Å². The maximum Gasteiger partial charge on any atom is 0.341 e. The van der Waals surface area contributed by atoms with E-state index in [9.17, 15) is 14.7 Å². The molecule has 35 heavy (non-hydrogen) atoms. The third-order valence-electron chi connectivity index (χ3n) is 6.76. The second-order valence-electron chi connectivity index (χ2n) is 8.83. The number of aromatic nitrogens is 2. The summed E-state index contributed by atoms with van der Waals surface area (Å²) in [7, 11) is 0. The molecule has 3 aromatic rings. The van der Waals surface area contributed by atoms with Crippen LogP contribution in [-0.2, 0) is 24.4 Å². The first-order chi connectivity index (χ1) is 16.9. The third kappa shape index (κ3) is 4.23. The number of aryl methyl sites for hydroxylation is 2. The van der Waals surface area contributed by atoms with Crippen molar-refractivity contribution in [1.82, 2.24) is 14.5 Å². The Kier molecular flexibility index (Phi) is 6.16. The molecule has 2 aliphatic rings. The monoisotopic (exact) mass is 482 g/mol. The Morgan fingerprint density at radius 1 is 1.23 bits per heavy atom. The van der Waals surface area contributed by atoms with Gasteiger partial charge in [-0.2, -0.15) is 0 Å². The molecule has 5 rings (SSSR count). The minimum atomic E-state index is -1.32. The molecule has 0 bridgehead atoms. The van der Waals surface area contributed by atoms with E-state index < -0.39 is 17.2 Å². The number of aromatic carboxylic acids is 1. The Hall–Kier alpha value is -3.50. The van der Waals surface area contributed by atoms with E-state index in [0.717, 1.165) is 35.7 Å². The van der Waals surface area contributed by atoms with E-state index in [2.05, 4.69) is 9.88 Å². The summed E-state index contributed by atoms with van der Waals surface area (Å²) in [5.41, 5.74) is 2.86. The standard InChI is InChI=1S/C25H27FN4O5/c1-3-29-12-18(25(32)33)23(31)17-8-20(26)22(9-21(17)29)30-6-4-28(5-7-30)11-16-10-27-15(2)24-19(16)13-34-14-35-24/h8-10,12H,3-7,11,13-14H2,1-2H3,(H,32,33). The molecule has 2 aromatic heterocycles. The van der Waals surface area contributed by atoms with Crippen LogP contribution in [0.5, 0.6) is 5.75 Å². The fourth-order valence-corrected chi connectivity index (χ4v) is 4.85. The van der Waals surface area contributed by atoms with Crippen molar-refractivity contribution in [3.05, 3.63) is 63.0 Å². The van der Waals surface area contributed by atoms with Crippen molar-refractivity contribution < 1.29 is 23.8 Å². The lowest BCUT2D eigenvalue weighted by Gasteiger charge is -2.37. The van der Waals surface area contributed by atoms with Crippen LogP contribution < -0.4 is 15.1 Å². The highest BCUT2D eigenvalue weighted by Crippen LogP contribution is 2.31. The van der Waals surface area contributed by atoms with E-state index in [4.69, 9.17) is 9.47 Å². The first-order valence-corrected chi connectivity index (χ1v) is 11.6. The molecular formula is C25H27FN4O5. The lowest BCUT2D eigenvalue weighted by molar-refractivity contribution is -0.0180. The van der Waals surface area contributed by atoms with E-state index in [1.54, 1.807) is 10.6 Å². The molecule has 1 N–H and O–H groups in total. The van der Waals surface area contributed by atoms with Gasteiger partial charge in [0.25, 0.3) is 0 Å². The van der Waals surface area contributed by atoms with Crippen LogP contribution in [-0.4, -0.2) is 58.5 Å². The molecule has 1 saturated heterocycles. The number of rotatable bonds is 5. The maximum absolute atomic E-state index is 15.1. The van der Waals surface area contributed by atoms with Gasteiger partial charge >= 0.3 is 5.97 Å². The molecule has 10 heteroatoms. The van der Waals surface area contributed by atoms with Gasteiger partial charge in [0.1, 0.15) is 17.1 Å². The number of benzene rings is 1. The van der Waals surface area contributed by atoms with Gasteiger partial charge in [0, 0.05) is 62.6 Å². The highest BCUT2D eigenvalue weighted by molar-refractivity contribution is 5.93. The van der Waals surface area contributed by atoms with Crippen LogP contribution in [0.2, 0.25) is 0 Å². The van der Waals surface area contributed by atoms with Crippen LogP contribution in [0.1, 0.15) is 34.1 Å². The van der Waals surface area contributed by atoms with Crippen molar-refractivity contribution in [3.63, 3.8) is 0 Å². The molecule has 0 saturated carbocycles. The fraction of sp³-hybridized carbons (Fsp3) is 0.400. The van der Waals surface area contributed by atoms with E-state index in [1.165, 1.54) is 12.3 Å². The zero-order valence-corrected chi connectivity index (χ0v) is 19.7. The second-order valence-corrected chi connectivity index (χ2v) is 8.83. The normalized spacial score (nSPS) is 16.3. The molecule has 1 aromatic carbocycles. The minimum absolute atomic E-state index is 0.0766. The number of fused-ring (bicyclic) bond motifs is 2. The summed E-state index contributed by atoms with van der Waals surface area (Å²) in [6.07, 6.45) is 3.20. The molecule has 0 spiro atoms. The van der Waals surface area contributed by atoms with E-state index in [0.29, 0.717) is 44.0 Å². The molecule has 0 amide bonds. The van der Waals surface area contributed by atoms with Gasteiger partial charge in [-0.25, -0.2) is 9.18 Å². The molecule has 0 aliphatic carbocycles. The smallest absolute Gasteiger partial charge is 0.341 e. The maximum atomic E-state index is 15.1. The number of hydrogen-bond acceptors (Lipinski definition) is 7. The Balaban J connectivity index is 1.37. The SMILES string of the molecule is CCn1cc(C(=O)O)c(=O)c2cc(F)c(N3CCN(Cc4cnc(C)c5c4COCO5)CC3)cc21. The van der Waals surface area contributed by atoms with E-state index in [-0.39, 0.29) is 17.7 Å². The number of piperazine rings is 1. The summed E-state index contributed by atoms with van der Waals surface area (Å²) in [5.74, 6) is -1.04. The summed E-state index contributed by atoms with van der Waals surface area (Å²) in [6.45, 7) is 8.33. The van der Waals surface area contributed by atoms with Crippen molar-refractivity contribution in [2.75, 3.05) is 37.9 Å². The van der Waals surface area contributed by atoms with E-state index >= 15 is 4.39 Å².